The van der Waals surface area contributed by atoms with E-state index >= 15 is 0 Å². The maximum atomic E-state index is 5.95. The molecular formula is C15H16BrClN4. The molecule has 0 atom stereocenters. The summed E-state index contributed by atoms with van der Waals surface area (Å²) in [6.07, 6.45) is 3.65. The van der Waals surface area contributed by atoms with E-state index in [4.69, 9.17) is 16.6 Å². The molecule has 0 saturated carbocycles. The van der Waals surface area contributed by atoms with E-state index < -0.39 is 0 Å². The van der Waals surface area contributed by atoms with Crippen molar-refractivity contribution in [1.82, 2.24) is 19.3 Å². The van der Waals surface area contributed by atoms with E-state index in [0.29, 0.717) is 5.88 Å². The Morgan fingerprint density at radius 3 is 2.86 bits per heavy atom. The number of aromatic nitrogens is 4. The highest BCUT2D eigenvalue weighted by atomic mass is 79.9. The molecule has 6 heteroatoms. The van der Waals surface area contributed by atoms with Crippen molar-refractivity contribution in [2.45, 2.75) is 19.8 Å². The molecule has 0 saturated heterocycles. The van der Waals surface area contributed by atoms with Gasteiger partial charge in [-0.3, -0.25) is 9.25 Å². The standard InChI is InChI=1S/C15H16BrClN4/c1-3-11-14(9-20(2)19-11)21-13-8-10(16)4-5-12(13)18-15(21)6-7-17/h4-5,8-9H,3,6-7H2,1-2H3. The van der Waals surface area contributed by atoms with Gasteiger partial charge in [-0.15, -0.1) is 11.6 Å². The molecule has 21 heavy (non-hydrogen) atoms. The third kappa shape index (κ3) is 2.60. The average molecular weight is 368 g/mol. The summed E-state index contributed by atoms with van der Waals surface area (Å²) in [5.74, 6) is 1.52. The highest BCUT2D eigenvalue weighted by Crippen LogP contribution is 2.26. The molecule has 0 unspecified atom stereocenters. The van der Waals surface area contributed by atoms with Crippen LogP contribution in [0.15, 0.2) is 28.9 Å². The van der Waals surface area contributed by atoms with Crippen LogP contribution in [0.3, 0.4) is 0 Å². The van der Waals surface area contributed by atoms with Gasteiger partial charge in [-0.1, -0.05) is 22.9 Å². The Kier molecular flexibility index (Phi) is 4.04. The van der Waals surface area contributed by atoms with E-state index in [1.54, 1.807) is 0 Å². The van der Waals surface area contributed by atoms with Crippen molar-refractivity contribution < 1.29 is 0 Å². The second-order valence-corrected chi connectivity index (χ2v) is 6.22. The fourth-order valence-corrected chi connectivity index (χ4v) is 3.10. The zero-order valence-corrected chi connectivity index (χ0v) is 14.3. The van der Waals surface area contributed by atoms with Gasteiger partial charge in [-0.05, 0) is 24.6 Å². The molecule has 0 aliphatic rings. The first kappa shape index (κ1) is 14.6. The van der Waals surface area contributed by atoms with Gasteiger partial charge in [0.25, 0.3) is 0 Å². The maximum absolute atomic E-state index is 5.95. The van der Waals surface area contributed by atoms with Crippen LogP contribution in [0.25, 0.3) is 16.7 Å². The molecular weight excluding hydrogens is 352 g/mol. The zero-order valence-electron chi connectivity index (χ0n) is 12.0. The number of nitrogens with zero attached hydrogens (tertiary/aromatic N) is 4. The van der Waals surface area contributed by atoms with Gasteiger partial charge in [-0.25, -0.2) is 4.98 Å². The van der Waals surface area contributed by atoms with Crippen molar-refractivity contribution >= 4 is 38.6 Å². The summed E-state index contributed by atoms with van der Waals surface area (Å²) in [5, 5.41) is 4.54. The van der Waals surface area contributed by atoms with Gasteiger partial charge in [0.15, 0.2) is 0 Å². The van der Waals surface area contributed by atoms with Crippen LogP contribution in [0, 0.1) is 0 Å². The van der Waals surface area contributed by atoms with Crippen molar-refractivity contribution in [3.8, 4) is 5.69 Å². The van der Waals surface area contributed by atoms with E-state index in [2.05, 4.69) is 38.6 Å². The van der Waals surface area contributed by atoms with Crippen molar-refractivity contribution in [3.05, 3.63) is 40.4 Å². The highest BCUT2D eigenvalue weighted by molar-refractivity contribution is 9.10. The predicted molar refractivity (Wildman–Crippen MR) is 89.3 cm³/mol. The van der Waals surface area contributed by atoms with Crippen LogP contribution in [-0.2, 0) is 19.9 Å². The second-order valence-electron chi connectivity index (χ2n) is 4.92. The molecule has 0 aliphatic heterocycles. The number of benzene rings is 1. The Hall–Kier alpha value is -1.33. The largest absolute Gasteiger partial charge is 0.293 e. The molecule has 0 fully saturated rings. The van der Waals surface area contributed by atoms with Gasteiger partial charge < -0.3 is 0 Å². The van der Waals surface area contributed by atoms with E-state index in [9.17, 15) is 0 Å². The van der Waals surface area contributed by atoms with E-state index in [0.717, 1.165) is 45.6 Å². The molecule has 0 bridgehead atoms. The fourth-order valence-electron chi connectivity index (χ4n) is 2.58. The van der Waals surface area contributed by atoms with Crippen LogP contribution in [0.4, 0.5) is 0 Å². The van der Waals surface area contributed by atoms with Crippen molar-refractivity contribution in [1.29, 1.82) is 0 Å². The quantitative estimate of drug-likeness (QED) is 0.656. The minimum absolute atomic E-state index is 0.548. The van der Waals surface area contributed by atoms with Gasteiger partial charge in [0, 0.05) is 30.0 Å². The first-order valence-corrected chi connectivity index (χ1v) is 8.22. The number of rotatable bonds is 4. The third-order valence-electron chi connectivity index (χ3n) is 3.46. The average Bonchev–Trinajstić information content (AvgIpc) is 2.98. The summed E-state index contributed by atoms with van der Waals surface area (Å²) in [7, 11) is 1.94. The summed E-state index contributed by atoms with van der Waals surface area (Å²) in [6, 6.07) is 6.12. The van der Waals surface area contributed by atoms with Gasteiger partial charge in [0.1, 0.15) is 5.82 Å². The Balaban J connectivity index is 2.32. The SMILES string of the molecule is CCc1nn(C)cc1-n1c(CCCl)nc2ccc(Br)cc21. The molecule has 0 spiro atoms. The monoisotopic (exact) mass is 366 g/mol. The van der Waals surface area contributed by atoms with E-state index in [1.165, 1.54) is 0 Å². The van der Waals surface area contributed by atoms with Crippen LogP contribution < -0.4 is 0 Å². The Bertz CT molecular complexity index is 790. The molecule has 1 aromatic carbocycles. The van der Waals surface area contributed by atoms with Crippen LogP contribution >= 0.6 is 27.5 Å². The lowest BCUT2D eigenvalue weighted by atomic mass is 10.2. The highest BCUT2D eigenvalue weighted by Gasteiger charge is 2.17. The maximum Gasteiger partial charge on any atom is 0.115 e. The van der Waals surface area contributed by atoms with Crippen molar-refractivity contribution in [2.75, 3.05) is 5.88 Å². The van der Waals surface area contributed by atoms with Gasteiger partial charge >= 0.3 is 0 Å². The molecule has 0 aliphatic carbocycles. The fraction of sp³-hybridized carbons (Fsp3) is 0.333. The lowest BCUT2D eigenvalue weighted by Gasteiger charge is -2.08. The molecule has 110 valence electrons. The molecule has 2 aromatic heterocycles. The second kappa shape index (κ2) is 5.81. The predicted octanol–water partition coefficient (Wildman–Crippen LogP) is 3.87. The molecule has 0 amide bonds. The van der Waals surface area contributed by atoms with E-state index in [-0.39, 0.29) is 0 Å². The number of imidazole rings is 1. The Morgan fingerprint density at radius 2 is 2.14 bits per heavy atom. The van der Waals surface area contributed by atoms with Gasteiger partial charge in [0.2, 0.25) is 0 Å². The number of hydrogen-bond donors (Lipinski definition) is 0. The van der Waals surface area contributed by atoms with Crippen LogP contribution in [0.2, 0.25) is 0 Å². The molecule has 0 N–H and O–H groups in total. The first-order valence-electron chi connectivity index (χ1n) is 6.89. The topological polar surface area (TPSA) is 35.6 Å². The Morgan fingerprint density at radius 1 is 1.33 bits per heavy atom. The van der Waals surface area contributed by atoms with Gasteiger partial charge in [-0.2, -0.15) is 5.10 Å². The lowest BCUT2D eigenvalue weighted by Crippen LogP contribution is -2.03. The summed E-state index contributed by atoms with van der Waals surface area (Å²) in [4.78, 5) is 4.73. The number of hydrogen-bond acceptors (Lipinski definition) is 2. The molecule has 4 nitrogen and oxygen atoms in total. The lowest BCUT2D eigenvalue weighted by molar-refractivity contribution is 0.746. The Labute approximate surface area is 136 Å². The minimum Gasteiger partial charge on any atom is -0.293 e. The number of halogens is 2. The molecule has 3 rings (SSSR count). The minimum atomic E-state index is 0.548. The van der Waals surface area contributed by atoms with Crippen LogP contribution in [0.5, 0.6) is 0 Å². The number of alkyl halides is 1. The zero-order chi connectivity index (χ0) is 15.0. The summed E-state index contributed by atoms with van der Waals surface area (Å²) >= 11 is 9.49. The molecule has 2 heterocycles. The van der Waals surface area contributed by atoms with Gasteiger partial charge in [0.05, 0.1) is 22.4 Å². The molecule has 0 radical (unpaired) electrons. The third-order valence-corrected chi connectivity index (χ3v) is 4.15. The van der Waals surface area contributed by atoms with Crippen LogP contribution in [-0.4, -0.2) is 25.2 Å². The van der Waals surface area contributed by atoms with Crippen LogP contribution in [0.1, 0.15) is 18.4 Å². The number of aryl methyl sites for hydroxylation is 3. The summed E-state index contributed by atoms with van der Waals surface area (Å²) in [5.41, 5.74) is 4.20. The summed E-state index contributed by atoms with van der Waals surface area (Å²) < 4.78 is 5.06. The summed E-state index contributed by atoms with van der Waals surface area (Å²) in [6.45, 7) is 2.11. The van der Waals surface area contributed by atoms with E-state index in [1.807, 2.05) is 30.1 Å². The first-order chi connectivity index (χ1) is 10.1. The molecule has 3 aromatic rings. The smallest absolute Gasteiger partial charge is 0.115 e. The number of fused-ring (bicyclic) bond motifs is 1. The van der Waals surface area contributed by atoms with Crippen molar-refractivity contribution in [3.63, 3.8) is 0 Å². The normalized spacial score (nSPS) is 11.4. The van der Waals surface area contributed by atoms with Crippen molar-refractivity contribution in [2.24, 2.45) is 7.05 Å².